The summed E-state index contributed by atoms with van der Waals surface area (Å²) >= 11 is 0. The minimum atomic E-state index is -0.437. The fraction of sp³-hybridized carbons (Fsp3) is 0.941. The van der Waals surface area contributed by atoms with Crippen LogP contribution >= 0.6 is 0 Å². The Hall–Kier alpha value is -0.770. The number of hydrogen-bond donors (Lipinski definition) is 2. The van der Waals surface area contributed by atoms with Crippen molar-refractivity contribution >= 4 is 6.09 Å². The fourth-order valence-electron chi connectivity index (χ4n) is 2.93. The molecular weight excluding hydrogens is 264 g/mol. The van der Waals surface area contributed by atoms with E-state index in [1.807, 2.05) is 20.8 Å². The Morgan fingerprint density at radius 3 is 2.57 bits per heavy atom. The first kappa shape index (κ1) is 18.3. The molecule has 0 heterocycles. The molecule has 2 N–H and O–H groups in total. The number of rotatable bonds is 6. The molecule has 124 valence electrons. The maximum absolute atomic E-state index is 11.8. The Bertz CT molecular complexity index is 312. The summed E-state index contributed by atoms with van der Waals surface area (Å²) in [6.07, 6.45) is 7.13. The molecule has 1 amide bonds. The predicted octanol–water partition coefficient (Wildman–Crippen LogP) is 3.85. The van der Waals surface area contributed by atoms with Crippen LogP contribution in [0.5, 0.6) is 0 Å². The lowest BCUT2D eigenvalue weighted by atomic mass is 9.84. The van der Waals surface area contributed by atoms with Gasteiger partial charge in [-0.15, -0.1) is 0 Å². The lowest BCUT2D eigenvalue weighted by Crippen LogP contribution is -2.47. The summed E-state index contributed by atoms with van der Waals surface area (Å²) in [5.41, 5.74) is -0.437. The molecule has 0 aromatic carbocycles. The van der Waals surface area contributed by atoms with Gasteiger partial charge in [-0.05, 0) is 46.0 Å². The van der Waals surface area contributed by atoms with Crippen LogP contribution in [-0.2, 0) is 4.74 Å². The summed E-state index contributed by atoms with van der Waals surface area (Å²) in [5.74, 6) is 0.871. The van der Waals surface area contributed by atoms with E-state index in [4.69, 9.17) is 4.74 Å². The van der Waals surface area contributed by atoms with Gasteiger partial charge in [-0.2, -0.15) is 0 Å². The summed E-state index contributed by atoms with van der Waals surface area (Å²) in [5, 5.41) is 6.60. The van der Waals surface area contributed by atoms with E-state index in [0.29, 0.717) is 6.04 Å². The van der Waals surface area contributed by atoms with Gasteiger partial charge in [0, 0.05) is 18.6 Å². The summed E-state index contributed by atoms with van der Waals surface area (Å²) < 4.78 is 5.32. The van der Waals surface area contributed by atoms with Crippen molar-refractivity contribution in [1.29, 1.82) is 0 Å². The molecule has 0 aliphatic heterocycles. The highest BCUT2D eigenvalue weighted by Crippen LogP contribution is 2.26. The second kappa shape index (κ2) is 8.62. The summed E-state index contributed by atoms with van der Waals surface area (Å²) in [6, 6.07) is 0.750. The second-order valence-electron chi connectivity index (χ2n) is 7.30. The molecule has 3 atom stereocenters. The Kier molecular flexibility index (Phi) is 7.50. The van der Waals surface area contributed by atoms with E-state index in [-0.39, 0.29) is 12.1 Å². The van der Waals surface area contributed by atoms with Crippen LogP contribution in [0, 0.1) is 5.92 Å². The van der Waals surface area contributed by atoms with Crippen LogP contribution in [0.4, 0.5) is 4.79 Å². The molecule has 0 saturated heterocycles. The van der Waals surface area contributed by atoms with Crippen LogP contribution < -0.4 is 10.6 Å². The zero-order valence-corrected chi connectivity index (χ0v) is 14.5. The highest BCUT2D eigenvalue weighted by Gasteiger charge is 2.22. The van der Waals surface area contributed by atoms with Crippen LogP contribution in [0.15, 0.2) is 0 Å². The molecule has 21 heavy (non-hydrogen) atoms. The van der Waals surface area contributed by atoms with Gasteiger partial charge in [0.1, 0.15) is 5.60 Å². The van der Waals surface area contributed by atoms with Crippen molar-refractivity contribution in [2.24, 2.45) is 5.92 Å². The third-order valence-electron chi connectivity index (χ3n) is 4.23. The number of carbonyl (C=O) groups excluding carboxylic acids is 1. The highest BCUT2D eigenvalue weighted by molar-refractivity contribution is 5.68. The molecule has 4 heteroatoms. The summed E-state index contributed by atoms with van der Waals surface area (Å²) in [6.45, 7) is 10.9. The molecule has 0 radical (unpaired) electrons. The largest absolute Gasteiger partial charge is 0.444 e. The Morgan fingerprint density at radius 1 is 1.29 bits per heavy atom. The van der Waals surface area contributed by atoms with Crippen molar-refractivity contribution in [2.75, 3.05) is 6.54 Å². The smallest absolute Gasteiger partial charge is 0.407 e. The molecule has 1 fully saturated rings. The van der Waals surface area contributed by atoms with Crippen molar-refractivity contribution < 1.29 is 9.53 Å². The molecule has 4 nitrogen and oxygen atoms in total. The number of hydrogen-bond acceptors (Lipinski definition) is 3. The highest BCUT2D eigenvalue weighted by atomic mass is 16.6. The number of nitrogens with one attached hydrogen (secondary N) is 2. The normalized spacial score (nSPS) is 24.4. The van der Waals surface area contributed by atoms with Gasteiger partial charge >= 0.3 is 6.09 Å². The van der Waals surface area contributed by atoms with Crippen molar-refractivity contribution in [3.05, 3.63) is 0 Å². The third kappa shape index (κ3) is 7.70. The maximum atomic E-state index is 11.8. The van der Waals surface area contributed by atoms with Gasteiger partial charge in [0.25, 0.3) is 0 Å². The molecule has 1 rings (SSSR count). The van der Waals surface area contributed by atoms with Gasteiger partial charge in [0.2, 0.25) is 0 Å². The Balaban J connectivity index is 2.32. The minimum absolute atomic E-state index is 0.141. The van der Waals surface area contributed by atoms with Gasteiger partial charge in [-0.25, -0.2) is 4.79 Å². The van der Waals surface area contributed by atoms with Crippen molar-refractivity contribution in [3.63, 3.8) is 0 Å². The summed E-state index contributed by atoms with van der Waals surface area (Å²) in [7, 11) is 0. The van der Waals surface area contributed by atoms with Gasteiger partial charge in [0.15, 0.2) is 0 Å². The van der Waals surface area contributed by atoms with Crippen LogP contribution in [0.2, 0.25) is 0 Å². The second-order valence-corrected chi connectivity index (χ2v) is 7.30. The van der Waals surface area contributed by atoms with Crippen LogP contribution in [-0.4, -0.2) is 30.3 Å². The first-order valence-electron chi connectivity index (χ1n) is 8.57. The molecule has 1 aliphatic rings. The lowest BCUT2D eigenvalue weighted by molar-refractivity contribution is 0.0501. The van der Waals surface area contributed by atoms with Crippen LogP contribution in [0.3, 0.4) is 0 Å². The topological polar surface area (TPSA) is 50.4 Å². The Labute approximate surface area is 130 Å². The molecule has 1 aliphatic carbocycles. The molecule has 0 aromatic rings. The molecule has 0 aromatic heterocycles. The van der Waals surface area contributed by atoms with E-state index in [1.165, 1.54) is 32.1 Å². The van der Waals surface area contributed by atoms with E-state index in [1.54, 1.807) is 0 Å². The fourth-order valence-corrected chi connectivity index (χ4v) is 2.93. The molecular formula is C17H34N2O2. The summed E-state index contributed by atoms with van der Waals surface area (Å²) in [4.78, 5) is 11.8. The maximum Gasteiger partial charge on any atom is 0.407 e. The average Bonchev–Trinajstić information content (AvgIpc) is 2.41. The van der Waals surface area contributed by atoms with Crippen molar-refractivity contribution in [2.45, 2.75) is 90.8 Å². The van der Waals surface area contributed by atoms with E-state index in [2.05, 4.69) is 24.5 Å². The van der Waals surface area contributed by atoms with E-state index >= 15 is 0 Å². The van der Waals surface area contributed by atoms with Gasteiger partial charge in [0.05, 0.1) is 0 Å². The zero-order chi connectivity index (χ0) is 15.9. The molecule has 3 unspecified atom stereocenters. The molecule has 1 saturated carbocycles. The standard InChI is InChI=1S/C17H34N2O2/c1-6-13-9-8-10-15(11-13)18-12-14(7-2)19-16(20)21-17(3,4)5/h13-15,18H,6-12H2,1-5H3,(H,19,20). The first-order valence-corrected chi connectivity index (χ1v) is 8.57. The third-order valence-corrected chi connectivity index (χ3v) is 4.23. The number of carbonyl (C=O) groups is 1. The van der Waals surface area contributed by atoms with Crippen LogP contribution in [0.1, 0.15) is 73.1 Å². The number of amides is 1. The van der Waals surface area contributed by atoms with E-state index < -0.39 is 5.60 Å². The first-order chi connectivity index (χ1) is 9.84. The Morgan fingerprint density at radius 2 is 2.00 bits per heavy atom. The van der Waals surface area contributed by atoms with Gasteiger partial charge < -0.3 is 15.4 Å². The quantitative estimate of drug-likeness (QED) is 0.783. The van der Waals surface area contributed by atoms with Crippen molar-refractivity contribution in [3.8, 4) is 0 Å². The van der Waals surface area contributed by atoms with Crippen LogP contribution in [0.25, 0.3) is 0 Å². The number of alkyl carbamates (subject to hydrolysis) is 1. The van der Waals surface area contributed by atoms with Gasteiger partial charge in [-0.1, -0.05) is 33.1 Å². The van der Waals surface area contributed by atoms with Gasteiger partial charge in [-0.3, -0.25) is 0 Å². The molecule has 0 spiro atoms. The monoisotopic (exact) mass is 298 g/mol. The minimum Gasteiger partial charge on any atom is -0.444 e. The van der Waals surface area contributed by atoms with Crippen molar-refractivity contribution in [1.82, 2.24) is 10.6 Å². The van der Waals surface area contributed by atoms with E-state index in [0.717, 1.165) is 18.9 Å². The van der Waals surface area contributed by atoms with E-state index in [9.17, 15) is 4.79 Å². The average molecular weight is 298 g/mol. The lowest BCUT2D eigenvalue weighted by Gasteiger charge is -2.31. The SMILES string of the molecule is CCC1CCCC(NCC(CC)NC(=O)OC(C)(C)C)C1. The molecule has 0 bridgehead atoms. The zero-order valence-electron chi connectivity index (χ0n) is 14.5. The number of ether oxygens (including phenoxy) is 1. The predicted molar refractivity (Wildman–Crippen MR) is 87.5 cm³/mol.